The average molecular weight is 102 g/mol. The van der Waals surface area contributed by atoms with Crippen molar-refractivity contribution in [3.05, 3.63) is 0 Å². The Morgan fingerprint density at radius 3 is 2.43 bits per heavy atom. The number of rotatable bonds is 0. The summed E-state index contributed by atoms with van der Waals surface area (Å²) in [6, 6.07) is 0. The van der Waals surface area contributed by atoms with Crippen LogP contribution in [0.25, 0.3) is 0 Å². The summed E-state index contributed by atoms with van der Waals surface area (Å²) in [6.45, 7) is 0. The first kappa shape index (κ1) is 0.957. The van der Waals surface area contributed by atoms with Crippen LogP contribution in [0.1, 0.15) is 36.5 Å². The van der Waals surface area contributed by atoms with Gasteiger partial charge in [0.25, 0.3) is 0 Å². The predicted molar refractivity (Wildman–Crippen MR) is 30.8 cm³/mol. The standard InChI is InChI=1S/C7H10/c1-2-7-5-3-4-6-7/h1,7H,3-6H2/i3D2,4D2,5D2,6D2. The van der Waals surface area contributed by atoms with Gasteiger partial charge in [-0.2, -0.15) is 0 Å². The molecule has 0 aromatic heterocycles. The van der Waals surface area contributed by atoms with Crippen LogP contribution in [0, 0.1) is 18.3 Å². The molecule has 0 heteroatoms. The number of hydrogen-bond acceptors (Lipinski definition) is 0. The highest BCUT2D eigenvalue weighted by Crippen LogP contribution is 2.22. The van der Waals surface area contributed by atoms with Crippen LogP contribution >= 0.6 is 0 Å². The Labute approximate surface area is 56.2 Å². The van der Waals surface area contributed by atoms with E-state index < -0.39 is 31.4 Å². The van der Waals surface area contributed by atoms with Crippen LogP contribution in [-0.2, 0) is 0 Å². The Balaban J connectivity index is 3.48. The second-order valence-electron chi connectivity index (χ2n) is 1.14. The van der Waals surface area contributed by atoms with Crippen LogP contribution in [0.2, 0.25) is 0 Å². The van der Waals surface area contributed by atoms with Crippen LogP contribution in [0.5, 0.6) is 0 Å². The lowest BCUT2D eigenvalue weighted by Gasteiger charge is -1.91. The minimum atomic E-state index is -2.96. The molecule has 38 valence electrons. The fourth-order valence-corrected chi connectivity index (χ4v) is 0.336. The van der Waals surface area contributed by atoms with Crippen molar-refractivity contribution in [2.75, 3.05) is 0 Å². The van der Waals surface area contributed by atoms with Crippen LogP contribution in [0.15, 0.2) is 0 Å². The molecule has 0 radical (unpaired) electrons. The predicted octanol–water partition coefficient (Wildman–Crippen LogP) is 1.81. The Morgan fingerprint density at radius 2 is 2.14 bits per heavy atom. The van der Waals surface area contributed by atoms with Gasteiger partial charge in [0.05, 0.1) is 0 Å². The summed E-state index contributed by atoms with van der Waals surface area (Å²) in [7, 11) is 0. The quantitative estimate of drug-likeness (QED) is 0.409. The van der Waals surface area contributed by atoms with E-state index in [2.05, 4.69) is 0 Å². The highest BCUT2D eigenvalue weighted by molar-refractivity contribution is 4.94. The van der Waals surface area contributed by atoms with Crippen LogP contribution in [-0.4, -0.2) is 0 Å². The van der Waals surface area contributed by atoms with Crippen LogP contribution in [0.4, 0.5) is 0 Å². The Hall–Kier alpha value is -0.440. The fourth-order valence-electron chi connectivity index (χ4n) is 0.336. The van der Waals surface area contributed by atoms with E-state index in [4.69, 9.17) is 17.4 Å². The van der Waals surface area contributed by atoms with E-state index in [0.717, 1.165) is 0 Å². The zero-order valence-electron chi connectivity index (χ0n) is 11.7. The van der Waals surface area contributed by atoms with E-state index in [1.165, 1.54) is 0 Å². The first-order valence-electron chi connectivity index (χ1n) is 5.90. The van der Waals surface area contributed by atoms with Crippen molar-refractivity contribution in [3.63, 3.8) is 0 Å². The lowest BCUT2D eigenvalue weighted by Crippen LogP contribution is -1.83. The van der Waals surface area contributed by atoms with Crippen LogP contribution in [0.3, 0.4) is 0 Å². The summed E-state index contributed by atoms with van der Waals surface area (Å²) in [6.07, 6.45) is -6.41. The lowest BCUT2D eigenvalue weighted by atomic mass is 10.1. The number of hydrogen-bond donors (Lipinski definition) is 0. The van der Waals surface area contributed by atoms with E-state index in [1.54, 1.807) is 0 Å². The summed E-state index contributed by atoms with van der Waals surface area (Å²) in [4.78, 5) is 0. The molecule has 0 N–H and O–H groups in total. The minimum absolute atomic E-state index is 1.74. The van der Waals surface area contributed by atoms with Crippen molar-refractivity contribution in [1.82, 2.24) is 0 Å². The molecule has 0 unspecified atom stereocenters. The van der Waals surface area contributed by atoms with Gasteiger partial charge in [-0.15, -0.1) is 12.3 Å². The molecule has 0 bridgehead atoms. The lowest BCUT2D eigenvalue weighted by molar-refractivity contribution is 0.713. The topological polar surface area (TPSA) is 0 Å². The molecule has 0 heterocycles. The summed E-state index contributed by atoms with van der Waals surface area (Å²) in [5.41, 5.74) is 0. The smallest absolute Gasteiger partial charge is 0.0279 e. The highest BCUT2D eigenvalue weighted by Gasteiger charge is 2.10. The summed E-state index contributed by atoms with van der Waals surface area (Å²) >= 11 is 0. The molecule has 0 saturated heterocycles. The molecule has 0 aromatic carbocycles. The third-order valence-corrected chi connectivity index (χ3v) is 0.662. The normalized spacial score (nSPS) is 67.9. The van der Waals surface area contributed by atoms with E-state index in [0.29, 0.717) is 0 Å². The molecule has 0 aliphatic heterocycles. The molecule has 0 atom stereocenters. The van der Waals surface area contributed by atoms with Gasteiger partial charge in [-0.3, -0.25) is 0 Å². The monoisotopic (exact) mass is 102 g/mol. The third-order valence-electron chi connectivity index (χ3n) is 0.662. The van der Waals surface area contributed by atoms with Gasteiger partial charge in [0.1, 0.15) is 0 Å². The molecule has 1 saturated carbocycles. The second kappa shape index (κ2) is 2.02. The van der Waals surface area contributed by atoms with Gasteiger partial charge in [0.2, 0.25) is 0 Å². The SMILES string of the molecule is [2H]C1([2H])C(C#C)C([2H])([2H])C([2H])([2H])C1([2H])[2H]. The Morgan fingerprint density at radius 1 is 1.57 bits per heavy atom. The summed E-state index contributed by atoms with van der Waals surface area (Å²) in [5.74, 6) is 0.0850. The molecule has 0 aromatic rings. The fraction of sp³-hybridized carbons (Fsp3) is 0.714. The van der Waals surface area contributed by atoms with Gasteiger partial charge < -0.3 is 0 Å². The largest absolute Gasteiger partial charge is 0.120 e. The molecule has 1 fully saturated rings. The van der Waals surface area contributed by atoms with Crippen molar-refractivity contribution in [2.45, 2.75) is 25.5 Å². The maximum Gasteiger partial charge on any atom is 0.0279 e. The zero-order valence-corrected chi connectivity index (χ0v) is 3.65. The molecule has 7 heavy (non-hydrogen) atoms. The molecule has 1 rings (SSSR count). The van der Waals surface area contributed by atoms with Crippen molar-refractivity contribution >= 4 is 0 Å². The third kappa shape index (κ3) is 0.962. The van der Waals surface area contributed by atoms with Gasteiger partial charge in [-0.05, 0) is 12.7 Å². The van der Waals surface area contributed by atoms with Crippen molar-refractivity contribution < 1.29 is 11.0 Å². The molecular formula is C7H10. The van der Waals surface area contributed by atoms with E-state index in [1.807, 2.05) is 5.92 Å². The second-order valence-corrected chi connectivity index (χ2v) is 1.14. The van der Waals surface area contributed by atoms with Gasteiger partial charge >= 0.3 is 0 Å². The van der Waals surface area contributed by atoms with Gasteiger partial charge in [0.15, 0.2) is 0 Å². The van der Waals surface area contributed by atoms with E-state index >= 15 is 0 Å². The molecular weight excluding hydrogens is 84.1 g/mol. The van der Waals surface area contributed by atoms with Gasteiger partial charge in [-0.1, -0.05) is 12.7 Å². The van der Waals surface area contributed by atoms with Crippen molar-refractivity contribution in [3.8, 4) is 12.3 Å². The Kier molecular flexibility index (Phi) is 0.276. The van der Waals surface area contributed by atoms with Crippen LogP contribution < -0.4 is 0 Å². The molecule has 1 aliphatic rings. The zero-order chi connectivity index (χ0) is 12.3. The molecule has 0 amide bonds. The first-order chi connectivity index (χ1) is 6.44. The maximum atomic E-state index is 7.43. The summed E-state index contributed by atoms with van der Waals surface area (Å²) < 4.78 is 59.2. The van der Waals surface area contributed by atoms with Crippen molar-refractivity contribution in [1.29, 1.82) is 0 Å². The summed E-state index contributed by atoms with van der Waals surface area (Å²) in [5, 5.41) is 0. The van der Waals surface area contributed by atoms with Gasteiger partial charge in [0, 0.05) is 16.9 Å². The maximum absolute atomic E-state index is 7.43. The molecule has 1 aliphatic carbocycles. The Bertz CT molecular complexity index is 296. The highest BCUT2D eigenvalue weighted by atomic mass is 14.1. The average Bonchev–Trinajstić information content (AvgIpc) is 2.07. The van der Waals surface area contributed by atoms with Crippen molar-refractivity contribution in [2.24, 2.45) is 5.92 Å². The van der Waals surface area contributed by atoms with Gasteiger partial charge in [-0.25, -0.2) is 0 Å². The van der Waals surface area contributed by atoms with E-state index in [-0.39, 0.29) is 0 Å². The number of terminal acetylenes is 1. The molecule has 0 nitrogen and oxygen atoms in total. The first-order valence-corrected chi connectivity index (χ1v) is 1.90. The minimum Gasteiger partial charge on any atom is -0.120 e. The van der Waals surface area contributed by atoms with E-state index in [9.17, 15) is 0 Å². The molecule has 0 spiro atoms.